The van der Waals surface area contributed by atoms with Gasteiger partial charge in [0, 0.05) is 10.6 Å². The van der Waals surface area contributed by atoms with Crippen molar-refractivity contribution in [3.63, 3.8) is 0 Å². The van der Waals surface area contributed by atoms with Crippen LogP contribution in [0, 0.1) is 0 Å². The van der Waals surface area contributed by atoms with Crippen LogP contribution in [-0.4, -0.2) is 5.75 Å². The fourth-order valence-corrected chi connectivity index (χ4v) is 1.16. The number of rotatable bonds is 2. The average molecular weight is 182 g/mol. The predicted molar refractivity (Wildman–Crippen MR) is 56.6 cm³/mol. The molecule has 0 unspecified atom stereocenters. The highest BCUT2D eigenvalue weighted by atomic mass is 32.1. The second kappa shape index (κ2) is 4.52. The van der Waals surface area contributed by atoms with Gasteiger partial charge in [-0.2, -0.15) is 12.6 Å². The van der Waals surface area contributed by atoms with Crippen molar-refractivity contribution in [1.82, 2.24) is 0 Å². The molecule has 0 atom stereocenters. The van der Waals surface area contributed by atoms with E-state index in [-0.39, 0.29) is 0 Å². The lowest BCUT2D eigenvalue weighted by Gasteiger charge is -1.93. The van der Waals surface area contributed by atoms with Gasteiger partial charge in [-0.3, -0.25) is 0 Å². The molecule has 0 nitrogen and oxygen atoms in total. The fraction of sp³-hybridized carbons (Fsp3) is 0.111. The van der Waals surface area contributed by atoms with Gasteiger partial charge in [-0.05, 0) is 17.7 Å². The molecule has 0 heterocycles. The predicted octanol–water partition coefficient (Wildman–Crippen LogP) is 2.92. The number of benzene rings is 1. The van der Waals surface area contributed by atoms with E-state index < -0.39 is 0 Å². The molecule has 0 spiro atoms. The lowest BCUT2D eigenvalue weighted by molar-refractivity contribution is 1.46. The van der Waals surface area contributed by atoms with E-state index in [0.717, 1.165) is 10.6 Å². The molecule has 2 heteroatoms. The second-order valence-corrected chi connectivity index (χ2v) is 3.06. The maximum absolute atomic E-state index is 4.22. The van der Waals surface area contributed by atoms with Gasteiger partial charge in [-0.25, -0.2) is 0 Å². The maximum atomic E-state index is 4.22. The Kier molecular flexibility index (Phi) is 3.60. The van der Waals surface area contributed by atoms with Crippen LogP contribution in [-0.2, 0) is 0 Å². The third-order valence-electron chi connectivity index (χ3n) is 1.29. The zero-order chi connectivity index (χ0) is 8.10. The van der Waals surface area contributed by atoms with Gasteiger partial charge in [-0.1, -0.05) is 24.3 Å². The number of thiol groups is 2. The third kappa shape index (κ3) is 3.04. The van der Waals surface area contributed by atoms with Crippen molar-refractivity contribution in [3.8, 4) is 0 Å². The Morgan fingerprint density at radius 2 is 2.18 bits per heavy atom. The van der Waals surface area contributed by atoms with E-state index in [9.17, 15) is 0 Å². The molecule has 0 radical (unpaired) electrons. The van der Waals surface area contributed by atoms with Gasteiger partial charge in [0.05, 0.1) is 0 Å². The first kappa shape index (κ1) is 8.75. The zero-order valence-corrected chi connectivity index (χ0v) is 7.85. The summed E-state index contributed by atoms with van der Waals surface area (Å²) >= 11 is 8.29. The highest BCUT2D eigenvalue weighted by Crippen LogP contribution is 2.09. The topological polar surface area (TPSA) is 0 Å². The molecule has 0 amide bonds. The molecule has 0 aliphatic carbocycles. The van der Waals surface area contributed by atoms with E-state index >= 15 is 0 Å². The minimum Gasteiger partial charge on any atom is -0.175 e. The summed E-state index contributed by atoms with van der Waals surface area (Å²) in [5.41, 5.74) is 1.17. The van der Waals surface area contributed by atoms with Gasteiger partial charge in [0.2, 0.25) is 0 Å². The van der Waals surface area contributed by atoms with Crippen LogP contribution in [0.1, 0.15) is 5.56 Å². The van der Waals surface area contributed by atoms with Gasteiger partial charge in [-0.15, -0.1) is 12.6 Å². The van der Waals surface area contributed by atoms with Gasteiger partial charge in [0.15, 0.2) is 0 Å². The smallest absolute Gasteiger partial charge is 0.00858 e. The SMILES string of the molecule is SCC=Cc1cccc(S)c1. The molecule has 0 aliphatic heterocycles. The molecule has 1 aromatic carbocycles. The largest absolute Gasteiger partial charge is 0.175 e. The van der Waals surface area contributed by atoms with Crippen molar-refractivity contribution in [2.45, 2.75) is 4.90 Å². The maximum Gasteiger partial charge on any atom is 0.00858 e. The molecule has 0 aliphatic rings. The summed E-state index contributed by atoms with van der Waals surface area (Å²) in [6.45, 7) is 0. The molecule has 0 fully saturated rings. The first-order valence-electron chi connectivity index (χ1n) is 3.39. The van der Waals surface area contributed by atoms with Crippen molar-refractivity contribution in [2.75, 3.05) is 5.75 Å². The Morgan fingerprint density at radius 3 is 2.82 bits per heavy atom. The highest BCUT2D eigenvalue weighted by Gasteiger charge is 1.85. The summed E-state index contributed by atoms with van der Waals surface area (Å²) < 4.78 is 0. The Balaban J connectivity index is 2.79. The summed E-state index contributed by atoms with van der Waals surface area (Å²) in [6.07, 6.45) is 4.04. The van der Waals surface area contributed by atoms with Crippen LogP contribution in [0.15, 0.2) is 35.2 Å². The van der Waals surface area contributed by atoms with Crippen LogP contribution in [0.4, 0.5) is 0 Å². The number of hydrogen-bond donors (Lipinski definition) is 2. The third-order valence-corrected chi connectivity index (χ3v) is 1.77. The first-order chi connectivity index (χ1) is 5.33. The second-order valence-electron chi connectivity index (χ2n) is 2.18. The van der Waals surface area contributed by atoms with E-state index in [1.165, 1.54) is 5.56 Å². The Morgan fingerprint density at radius 1 is 1.36 bits per heavy atom. The van der Waals surface area contributed by atoms with E-state index in [2.05, 4.69) is 25.3 Å². The lowest BCUT2D eigenvalue weighted by atomic mass is 10.2. The molecular weight excluding hydrogens is 172 g/mol. The molecule has 0 N–H and O–H groups in total. The minimum atomic E-state index is 0.775. The quantitative estimate of drug-likeness (QED) is 0.646. The van der Waals surface area contributed by atoms with Gasteiger partial charge >= 0.3 is 0 Å². The summed E-state index contributed by atoms with van der Waals surface area (Å²) in [5, 5.41) is 0. The Labute approximate surface area is 78.1 Å². The van der Waals surface area contributed by atoms with E-state index in [1.807, 2.05) is 36.4 Å². The Bertz CT molecular complexity index is 253. The monoisotopic (exact) mass is 182 g/mol. The van der Waals surface area contributed by atoms with Crippen molar-refractivity contribution in [1.29, 1.82) is 0 Å². The van der Waals surface area contributed by atoms with Crippen LogP contribution >= 0.6 is 25.3 Å². The van der Waals surface area contributed by atoms with E-state index in [0.29, 0.717) is 0 Å². The van der Waals surface area contributed by atoms with Crippen LogP contribution in [0.2, 0.25) is 0 Å². The van der Waals surface area contributed by atoms with Gasteiger partial charge in [0.25, 0.3) is 0 Å². The minimum absolute atomic E-state index is 0.775. The molecule has 58 valence electrons. The van der Waals surface area contributed by atoms with Gasteiger partial charge in [0.1, 0.15) is 0 Å². The summed E-state index contributed by atoms with van der Waals surface area (Å²) in [4.78, 5) is 0.992. The van der Waals surface area contributed by atoms with Crippen LogP contribution in [0.5, 0.6) is 0 Å². The highest BCUT2D eigenvalue weighted by molar-refractivity contribution is 7.80. The van der Waals surface area contributed by atoms with Crippen molar-refractivity contribution >= 4 is 31.3 Å². The summed E-state index contributed by atoms with van der Waals surface area (Å²) in [5.74, 6) is 0.775. The summed E-state index contributed by atoms with van der Waals surface area (Å²) in [7, 11) is 0. The van der Waals surface area contributed by atoms with Crippen LogP contribution < -0.4 is 0 Å². The molecular formula is C9H10S2. The number of hydrogen-bond acceptors (Lipinski definition) is 2. The van der Waals surface area contributed by atoms with Crippen molar-refractivity contribution in [3.05, 3.63) is 35.9 Å². The molecule has 0 saturated heterocycles. The molecule has 0 saturated carbocycles. The van der Waals surface area contributed by atoms with E-state index in [1.54, 1.807) is 0 Å². The first-order valence-corrected chi connectivity index (χ1v) is 4.47. The van der Waals surface area contributed by atoms with Crippen LogP contribution in [0.3, 0.4) is 0 Å². The zero-order valence-electron chi connectivity index (χ0n) is 6.07. The summed E-state index contributed by atoms with van der Waals surface area (Å²) in [6, 6.07) is 8.00. The average Bonchev–Trinajstić information content (AvgIpc) is 2.01. The van der Waals surface area contributed by atoms with Crippen molar-refractivity contribution in [2.24, 2.45) is 0 Å². The standard InChI is InChI=1S/C9H10S2/c10-6-2-4-8-3-1-5-9(11)7-8/h1-5,7,10-11H,6H2. The Hall–Kier alpha value is -0.340. The molecule has 1 rings (SSSR count). The van der Waals surface area contributed by atoms with Crippen molar-refractivity contribution < 1.29 is 0 Å². The van der Waals surface area contributed by atoms with Gasteiger partial charge < -0.3 is 0 Å². The fourth-order valence-electron chi connectivity index (χ4n) is 0.817. The lowest BCUT2D eigenvalue weighted by Crippen LogP contribution is -1.71. The molecule has 0 bridgehead atoms. The normalized spacial score (nSPS) is 10.7. The molecule has 1 aromatic rings. The molecule has 11 heavy (non-hydrogen) atoms. The van der Waals surface area contributed by atoms with Crippen LogP contribution in [0.25, 0.3) is 6.08 Å². The van der Waals surface area contributed by atoms with E-state index in [4.69, 9.17) is 0 Å². The molecule has 0 aromatic heterocycles.